The van der Waals surface area contributed by atoms with Crippen LogP contribution in [0.1, 0.15) is 54.1 Å². The van der Waals surface area contributed by atoms with Gasteiger partial charge in [-0.3, -0.25) is 9.48 Å². The molecule has 0 bridgehead atoms. The fraction of sp³-hybridized carbons (Fsp3) is 0.346. The number of benzene rings is 2. The number of methoxy groups -OCH3 is 2. The van der Waals surface area contributed by atoms with Gasteiger partial charge in [0.2, 0.25) is 5.91 Å². The van der Waals surface area contributed by atoms with Crippen LogP contribution in [0, 0.1) is 5.82 Å². The monoisotopic (exact) mass is 463 g/mol. The minimum Gasteiger partial charge on any atom is -0.497 e. The molecule has 34 heavy (non-hydrogen) atoms. The molecule has 8 heteroatoms. The Morgan fingerprint density at radius 1 is 1.15 bits per heavy atom. The minimum atomic E-state index is -0.952. The van der Waals surface area contributed by atoms with E-state index in [1.807, 2.05) is 10.9 Å². The molecule has 1 N–H and O–H groups in total. The molecule has 0 spiro atoms. The molecule has 7 nitrogen and oxygen atoms in total. The lowest BCUT2D eigenvalue weighted by Gasteiger charge is -2.25. The van der Waals surface area contributed by atoms with Gasteiger partial charge in [-0.05, 0) is 68.0 Å². The van der Waals surface area contributed by atoms with Crippen LogP contribution in [-0.4, -0.2) is 35.9 Å². The van der Waals surface area contributed by atoms with Gasteiger partial charge in [0.25, 0.3) is 0 Å². The molecule has 1 heterocycles. The normalized spacial score (nSPS) is 16.4. The quantitative estimate of drug-likeness (QED) is 0.505. The van der Waals surface area contributed by atoms with Crippen molar-refractivity contribution in [2.45, 2.75) is 43.6 Å². The molecular weight excluding hydrogens is 437 g/mol. The second-order valence-electron chi connectivity index (χ2n) is 8.93. The first-order chi connectivity index (χ1) is 16.4. The summed E-state index contributed by atoms with van der Waals surface area (Å²) in [6.07, 6.45) is 8.15. The van der Waals surface area contributed by atoms with E-state index in [-0.39, 0.29) is 5.91 Å². The van der Waals surface area contributed by atoms with Crippen LogP contribution in [0.3, 0.4) is 0 Å². The number of esters is 1. The Labute approximate surface area is 196 Å². The van der Waals surface area contributed by atoms with Crippen LogP contribution in [0.25, 0.3) is 11.1 Å². The van der Waals surface area contributed by atoms with Crippen molar-refractivity contribution in [2.75, 3.05) is 19.5 Å². The Bertz CT molecular complexity index is 1260. The summed E-state index contributed by atoms with van der Waals surface area (Å²) in [5, 5.41) is 7.33. The molecule has 0 radical (unpaired) electrons. The number of halogens is 1. The maximum Gasteiger partial charge on any atom is 0.338 e. The molecule has 1 amide bonds. The van der Waals surface area contributed by atoms with Gasteiger partial charge in [-0.15, -0.1) is 0 Å². The van der Waals surface area contributed by atoms with Crippen LogP contribution in [0.5, 0.6) is 5.75 Å². The number of carbonyl (C=O) groups is 2. The molecule has 176 valence electrons. The zero-order chi connectivity index (χ0) is 23.9. The van der Waals surface area contributed by atoms with Crippen molar-refractivity contribution in [3.05, 3.63) is 65.7 Å². The van der Waals surface area contributed by atoms with Crippen LogP contribution in [0.15, 0.2) is 48.8 Å². The second-order valence-corrected chi connectivity index (χ2v) is 8.93. The number of aromatic nitrogens is 2. The van der Waals surface area contributed by atoms with Crippen molar-refractivity contribution in [2.24, 2.45) is 0 Å². The zero-order valence-electron chi connectivity index (χ0n) is 19.1. The highest BCUT2D eigenvalue weighted by Gasteiger charge is 2.53. The van der Waals surface area contributed by atoms with Crippen LogP contribution in [-0.2, 0) is 14.9 Å². The molecule has 0 saturated heterocycles. The first kappa shape index (κ1) is 22.1. The van der Waals surface area contributed by atoms with E-state index in [0.29, 0.717) is 47.0 Å². The van der Waals surface area contributed by atoms with Crippen molar-refractivity contribution in [1.29, 1.82) is 0 Å². The number of hydrogen-bond donors (Lipinski definition) is 1. The standard InChI is InChI=1S/C26H26FN3O4/c1-33-19-7-9-23(27)22(13-19)26(10-11-26)25(32)29-17-6-8-20(21(12-17)24(31)34-2)16-14-28-30(15-16)18-4-3-5-18/h6-9,12-15,18H,3-5,10-11H2,1-2H3,(H,29,32). The van der Waals surface area contributed by atoms with Gasteiger partial charge in [-0.1, -0.05) is 6.07 Å². The molecule has 5 rings (SSSR count). The van der Waals surface area contributed by atoms with Crippen molar-refractivity contribution in [3.8, 4) is 16.9 Å². The Morgan fingerprint density at radius 3 is 2.59 bits per heavy atom. The van der Waals surface area contributed by atoms with Crippen molar-refractivity contribution >= 4 is 17.6 Å². The molecule has 2 aromatic carbocycles. The first-order valence-electron chi connectivity index (χ1n) is 11.4. The highest BCUT2D eigenvalue weighted by Crippen LogP contribution is 2.50. The third-order valence-electron chi connectivity index (χ3n) is 6.92. The molecule has 2 aliphatic rings. The predicted octanol–water partition coefficient (Wildman–Crippen LogP) is 4.88. The summed E-state index contributed by atoms with van der Waals surface area (Å²) in [6.45, 7) is 0. The van der Waals surface area contributed by atoms with Gasteiger partial charge < -0.3 is 14.8 Å². The summed E-state index contributed by atoms with van der Waals surface area (Å²) in [6, 6.07) is 9.92. The topological polar surface area (TPSA) is 82.4 Å². The molecule has 0 atom stereocenters. The van der Waals surface area contributed by atoms with Gasteiger partial charge in [-0.2, -0.15) is 5.10 Å². The third kappa shape index (κ3) is 3.83. The van der Waals surface area contributed by atoms with Crippen LogP contribution >= 0.6 is 0 Å². The highest BCUT2D eigenvalue weighted by molar-refractivity contribution is 6.04. The Kier molecular flexibility index (Phi) is 5.59. The lowest BCUT2D eigenvalue weighted by atomic mass is 9.93. The number of hydrogen-bond acceptors (Lipinski definition) is 5. The van der Waals surface area contributed by atoms with E-state index in [0.717, 1.165) is 18.4 Å². The average molecular weight is 464 g/mol. The molecule has 0 unspecified atom stereocenters. The molecule has 1 aromatic heterocycles. The lowest BCUT2D eigenvalue weighted by Crippen LogP contribution is -2.29. The second kappa shape index (κ2) is 8.59. The summed E-state index contributed by atoms with van der Waals surface area (Å²) < 4.78 is 26.7. The number of rotatable bonds is 7. The van der Waals surface area contributed by atoms with Crippen molar-refractivity contribution in [1.82, 2.24) is 9.78 Å². The van der Waals surface area contributed by atoms with E-state index in [1.54, 1.807) is 30.5 Å². The van der Waals surface area contributed by atoms with E-state index in [2.05, 4.69) is 10.4 Å². The number of nitrogens with one attached hydrogen (secondary N) is 1. The SMILES string of the molecule is COC(=O)c1cc(NC(=O)C2(c3cc(OC)ccc3F)CC2)ccc1-c1cnn(C2CCC2)c1. The zero-order valence-corrected chi connectivity index (χ0v) is 19.1. The molecule has 0 aliphatic heterocycles. The average Bonchev–Trinajstić information content (AvgIpc) is 3.49. The number of nitrogens with zero attached hydrogens (tertiary/aromatic N) is 2. The summed E-state index contributed by atoms with van der Waals surface area (Å²) in [7, 11) is 2.82. The molecule has 3 aromatic rings. The van der Waals surface area contributed by atoms with Gasteiger partial charge >= 0.3 is 5.97 Å². The summed E-state index contributed by atoms with van der Waals surface area (Å²) in [5.41, 5.74) is 1.61. The van der Waals surface area contributed by atoms with E-state index < -0.39 is 17.2 Å². The van der Waals surface area contributed by atoms with Crippen molar-refractivity contribution < 1.29 is 23.5 Å². The van der Waals surface area contributed by atoms with Gasteiger partial charge in [-0.25, -0.2) is 9.18 Å². The number of carbonyl (C=O) groups excluding carboxylic acids is 2. The summed E-state index contributed by atoms with van der Waals surface area (Å²) >= 11 is 0. The van der Waals surface area contributed by atoms with E-state index in [4.69, 9.17) is 9.47 Å². The molecular formula is C26H26FN3O4. The molecule has 2 aliphatic carbocycles. The van der Waals surface area contributed by atoms with Gasteiger partial charge in [0.1, 0.15) is 11.6 Å². The molecule has 2 saturated carbocycles. The number of amides is 1. The Hall–Kier alpha value is -3.68. The molecule has 2 fully saturated rings. The van der Waals surface area contributed by atoms with E-state index in [1.165, 1.54) is 32.8 Å². The Morgan fingerprint density at radius 2 is 1.94 bits per heavy atom. The van der Waals surface area contributed by atoms with Crippen LogP contribution in [0.4, 0.5) is 10.1 Å². The number of ether oxygens (including phenoxy) is 2. The lowest BCUT2D eigenvalue weighted by molar-refractivity contribution is -0.118. The van der Waals surface area contributed by atoms with E-state index in [9.17, 15) is 14.0 Å². The van der Waals surface area contributed by atoms with Gasteiger partial charge in [0.15, 0.2) is 0 Å². The van der Waals surface area contributed by atoms with Crippen molar-refractivity contribution in [3.63, 3.8) is 0 Å². The first-order valence-corrected chi connectivity index (χ1v) is 11.4. The maximum absolute atomic E-state index is 14.6. The van der Waals surface area contributed by atoms with Crippen LogP contribution in [0.2, 0.25) is 0 Å². The van der Waals surface area contributed by atoms with Crippen LogP contribution < -0.4 is 10.1 Å². The fourth-order valence-electron chi connectivity index (χ4n) is 4.47. The minimum absolute atomic E-state index is 0.317. The van der Waals surface area contributed by atoms with E-state index >= 15 is 0 Å². The summed E-state index contributed by atoms with van der Waals surface area (Å²) in [4.78, 5) is 25.8. The third-order valence-corrected chi connectivity index (χ3v) is 6.92. The fourth-order valence-corrected chi connectivity index (χ4v) is 4.47. The number of anilines is 1. The smallest absolute Gasteiger partial charge is 0.338 e. The van der Waals surface area contributed by atoms with Gasteiger partial charge in [0.05, 0.1) is 37.4 Å². The maximum atomic E-state index is 14.6. The Balaban J connectivity index is 1.43. The van der Waals surface area contributed by atoms with Gasteiger partial charge in [0, 0.05) is 23.0 Å². The highest BCUT2D eigenvalue weighted by atomic mass is 19.1. The summed E-state index contributed by atoms with van der Waals surface area (Å²) in [5.74, 6) is -0.777. The predicted molar refractivity (Wildman–Crippen MR) is 124 cm³/mol. The largest absolute Gasteiger partial charge is 0.497 e.